The van der Waals surface area contributed by atoms with Crippen molar-refractivity contribution in [1.29, 1.82) is 0 Å². The minimum absolute atomic E-state index is 0.00834. The van der Waals surface area contributed by atoms with Crippen molar-refractivity contribution in [2.45, 2.75) is 32.4 Å². The van der Waals surface area contributed by atoms with Crippen LogP contribution in [-0.4, -0.2) is 61.1 Å². The van der Waals surface area contributed by atoms with Crippen LogP contribution in [0.5, 0.6) is 0 Å². The zero-order valence-electron chi connectivity index (χ0n) is 14.9. The maximum atomic E-state index is 12.6. The van der Waals surface area contributed by atoms with Gasteiger partial charge in [0.05, 0.1) is 0 Å². The highest BCUT2D eigenvalue weighted by Gasteiger charge is 2.30. The van der Waals surface area contributed by atoms with Crippen molar-refractivity contribution in [2.75, 3.05) is 43.4 Å². The van der Waals surface area contributed by atoms with Crippen LogP contribution in [0.2, 0.25) is 0 Å². The van der Waals surface area contributed by atoms with E-state index in [2.05, 4.69) is 54.2 Å². The zero-order chi connectivity index (χ0) is 17.1. The summed E-state index contributed by atoms with van der Waals surface area (Å²) in [6.07, 6.45) is 5.48. The quantitative estimate of drug-likeness (QED) is 0.864. The van der Waals surface area contributed by atoms with Crippen LogP contribution in [0, 0.1) is 0 Å². The fourth-order valence-corrected chi connectivity index (χ4v) is 3.32. The molecule has 0 aromatic heterocycles. The molecule has 3 rings (SSSR count). The van der Waals surface area contributed by atoms with E-state index < -0.39 is 0 Å². The first-order valence-corrected chi connectivity index (χ1v) is 8.82. The SMILES string of the molecule is CC(C)N(C)c1cccc(NC(=O)N2CC[C@H](N3CC=CC3)C2)c1. The molecule has 0 spiro atoms. The van der Waals surface area contributed by atoms with E-state index in [1.807, 2.05) is 23.1 Å². The van der Waals surface area contributed by atoms with Gasteiger partial charge in [-0.25, -0.2) is 4.79 Å². The molecule has 2 amide bonds. The molecule has 1 aromatic carbocycles. The highest BCUT2D eigenvalue weighted by molar-refractivity contribution is 5.90. The van der Waals surface area contributed by atoms with Crippen LogP contribution in [0.1, 0.15) is 20.3 Å². The molecule has 0 aliphatic carbocycles. The molecule has 1 aromatic rings. The lowest BCUT2D eigenvalue weighted by Gasteiger charge is -2.25. The molecule has 0 saturated carbocycles. The van der Waals surface area contributed by atoms with Crippen LogP contribution in [-0.2, 0) is 0 Å². The van der Waals surface area contributed by atoms with Gasteiger partial charge < -0.3 is 15.1 Å². The number of urea groups is 1. The van der Waals surface area contributed by atoms with Crippen molar-refractivity contribution in [1.82, 2.24) is 9.80 Å². The Hall–Kier alpha value is -2.01. The third-order valence-corrected chi connectivity index (χ3v) is 5.09. The number of likely N-dealkylation sites (tertiary alicyclic amines) is 1. The Bertz CT molecular complexity index is 605. The zero-order valence-corrected chi connectivity index (χ0v) is 14.9. The Labute approximate surface area is 144 Å². The molecule has 24 heavy (non-hydrogen) atoms. The highest BCUT2D eigenvalue weighted by atomic mass is 16.2. The molecule has 2 aliphatic rings. The third-order valence-electron chi connectivity index (χ3n) is 5.09. The molecule has 5 nitrogen and oxygen atoms in total. The number of hydrogen-bond donors (Lipinski definition) is 1. The van der Waals surface area contributed by atoms with Crippen LogP contribution in [0.25, 0.3) is 0 Å². The average molecular weight is 328 g/mol. The van der Waals surface area contributed by atoms with Gasteiger partial charge in [0.1, 0.15) is 0 Å². The smallest absolute Gasteiger partial charge is 0.321 e. The molecule has 1 atom stereocenters. The third kappa shape index (κ3) is 3.73. The van der Waals surface area contributed by atoms with Gasteiger partial charge in [0.15, 0.2) is 0 Å². The van der Waals surface area contributed by atoms with Crippen LogP contribution in [0.15, 0.2) is 36.4 Å². The second-order valence-electron chi connectivity index (χ2n) is 7.00. The minimum Gasteiger partial charge on any atom is -0.372 e. The molecular formula is C19H28N4O. The second-order valence-corrected chi connectivity index (χ2v) is 7.00. The van der Waals surface area contributed by atoms with Gasteiger partial charge in [-0.2, -0.15) is 0 Å². The molecule has 1 N–H and O–H groups in total. The molecule has 2 heterocycles. The molecular weight excluding hydrogens is 300 g/mol. The van der Waals surface area contributed by atoms with E-state index in [0.717, 1.165) is 44.0 Å². The summed E-state index contributed by atoms with van der Waals surface area (Å²) in [4.78, 5) is 19.1. The Balaban J connectivity index is 1.58. The van der Waals surface area contributed by atoms with E-state index in [1.54, 1.807) is 0 Å². The summed E-state index contributed by atoms with van der Waals surface area (Å²) in [6.45, 7) is 8.00. The van der Waals surface area contributed by atoms with Gasteiger partial charge in [-0.3, -0.25) is 4.90 Å². The van der Waals surface area contributed by atoms with Gasteiger partial charge in [0, 0.05) is 56.7 Å². The second kappa shape index (κ2) is 7.26. The van der Waals surface area contributed by atoms with Gasteiger partial charge in [0.25, 0.3) is 0 Å². The van der Waals surface area contributed by atoms with Crippen molar-refractivity contribution in [3.05, 3.63) is 36.4 Å². The van der Waals surface area contributed by atoms with E-state index in [4.69, 9.17) is 0 Å². The first-order chi connectivity index (χ1) is 11.5. The number of nitrogens with one attached hydrogen (secondary N) is 1. The van der Waals surface area contributed by atoms with Gasteiger partial charge in [-0.1, -0.05) is 18.2 Å². The number of carbonyl (C=O) groups is 1. The summed E-state index contributed by atoms with van der Waals surface area (Å²) in [5.74, 6) is 0. The number of hydrogen-bond acceptors (Lipinski definition) is 3. The molecule has 1 fully saturated rings. The number of rotatable bonds is 4. The number of anilines is 2. The van der Waals surface area contributed by atoms with Crippen molar-refractivity contribution < 1.29 is 4.79 Å². The van der Waals surface area contributed by atoms with Gasteiger partial charge in [-0.15, -0.1) is 0 Å². The van der Waals surface area contributed by atoms with Crippen molar-refractivity contribution in [3.63, 3.8) is 0 Å². The summed E-state index contributed by atoms with van der Waals surface area (Å²) in [5, 5.41) is 3.06. The number of amides is 2. The Morgan fingerprint density at radius 3 is 2.75 bits per heavy atom. The van der Waals surface area contributed by atoms with Gasteiger partial charge in [0.2, 0.25) is 0 Å². The first kappa shape index (κ1) is 16.8. The van der Waals surface area contributed by atoms with Gasteiger partial charge >= 0.3 is 6.03 Å². The summed E-state index contributed by atoms with van der Waals surface area (Å²) in [5.41, 5.74) is 1.97. The first-order valence-electron chi connectivity index (χ1n) is 8.82. The molecule has 0 radical (unpaired) electrons. The summed E-state index contributed by atoms with van der Waals surface area (Å²) < 4.78 is 0. The Morgan fingerprint density at radius 1 is 1.29 bits per heavy atom. The fraction of sp³-hybridized carbons (Fsp3) is 0.526. The average Bonchev–Trinajstić information content (AvgIpc) is 3.25. The molecule has 130 valence electrons. The number of carbonyl (C=O) groups excluding carboxylic acids is 1. The van der Waals surface area contributed by atoms with Crippen molar-refractivity contribution >= 4 is 17.4 Å². The summed E-state index contributed by atoms with van der Waals surface area (Å²) >= 11 is 0. The van der Waals surface area contributed by atoms with Crippen LogP contribution >= 0.6 is 0 Å². The number of benzene rings is 1. The van der Waals surface area contributed by atoms with Crippen molar-refractivity contribution in [3.8, 4) is 0 Å². The summed E-state index contributed by atoms with van der Waals surface area (Å²) in [7, 11) is 2.07. The lowest BCUT2D eigenvalue weighted by molar-refractivity contribution is 0.212. The predicted octanol–water partition coefficient (Wildman–Crippen LogP) is 3.01. The maximum absolute atomic E-state index is 12.6. The molecule has 1 saturated heterocycles. The standard InChI is InChI=1S/C19H28N4O/c1-15(2)21(3)17-8-6-7-16(13-17)20-19(24)23-12-9-18(14-23)22-10-4-5-11-22/h4-8,13,15,18H,9-12,14H2,1-3H3,(H,20,24)/t18-/m0/s1. The molecule has 2 aliphatic heterocycles. The summed E-state index contributed by atoms with van der Waals surface area (Å²) in [6, 6.07) is 8.97. The van der Waals surface area contributed by atoms with Crippen LogP contribution in [0.3, 0.4) is 0 Å². The maximum Gasteiger partial charge on any atom is 0.321 e. The predicted molar refractivity (Wildman–Crippen MR) is 99.7 cm³/mol. The van der Waals surface area contributed by atoms with Crippen LogP contribution < -0.4 is 10.2 Å². The fourth-order valence-electron chi connectivity index (χ4n) is 3.32. The van der Waals surface area contributed by atoms with Crippen molar-refractivity contribution in [2.24, 2.45) is 0 Å². The lowest BCUT2D eigenvalue weighted by atomic mass is 10.2. The van der Waals surface area contributed by atoms with E-state index in [-0.39, 0.29) is 6.03 Å². The monoisotopic (exact) mass is 328 g/mol. The highest BCUT2D eigenvalue weighted by Crippen LogP contribution is 2.22. The Kier molecular flexibility index (Phi) is 5.09. The topological polar surface area (TPSA) is 38.8 Å². The van der Waals surface area contributed by atoms with Crippen LogP contribution in [0.4, 0.5) is 16.2 Å². The Morgan fingerprint density at radius 2 is 2.04 bits per heavy atom. The largest absolute Gasteiger partial charge is 0.372 e. The van der Waals surface area contributed by atoms with E-state index in [0.29, 0.717) is 12.1 Å². The normalized spacial score (nSPS) is 20.8. The van der Waals surface area contributed by atoms with Gasteiger partial charge in [-0.05, 0) is 38.5 Å². The molecule has 0 bridgehead atoms. The van der Waals surface area contributed by atoms with E-state index in [1.165, 1.54) is 0 Å². The molecule has 5 heteroatoms. The lowest BCUT2D eigenvalue weighted by Crippen LogP contribution is -2.38. The number of nitrogens with zero attached hydrogens (tertiary/aromatic N) is 3. The van der Waals surface area contributed by atoms with E-state index in [9.17, 15) is 4.79 Å². The van der Waals surface area contributed by atoms with E-state index >= 15 is 0 Å². The minimum atomic E-state index is 0.00834. The molecule has 0 unspecified atom stereocenters.